The lowest BCUT2D eigenvalue weighted by Crippen LogP contribution is -2.36. The minimum atomic E-state index is 0.0782. The van der Waals surface area contributed by atoms with E-state index in [0.29, 0.717) is 0 Å². The largest absolute Gasteiger partial charge is 0.378 e. The predicted molar refractivity (Wildman–Crippen MR) is 95.1 cm³/mol. The summed E-state index contributed by atoms with van der Waals surface area (Å²) in [6, 6.07) is 4.24. The van der Waals surface area contributed by atoms with Crippen LogP contribution in [0.4, 0.5) is 5.82 Å². The third-order valence-corrected chi connectivity index (χ3v) is 4.26. The van der Waals surface area contributed by atoms with Gasteiger partial charge in [-0.3, -0.25) is 5.10 Å². The van der Waals surface area contributed by atoms with Crippen molar-refractivity contribution in [3.8, 4) is 0 Å². The minimum absolute atomic E-state index is 0.0782. The fourth-order valence-electron chi connectivity index (χ4n) is 2.94. The van der Waals surface area contributed by atoms with E-state index in [1.54, 1.807) is 0 Å². The number of rotatable bonds is 5. The zero-order chi connectivity index (χ0) is 17.0. The lowest BCUT2D eigenvalue weighted by Gasteiger charge is -2.27. The van der Waals surface area contributed by atoms with E-state index in [1.165, 1.54) is 16.8 Å². The van der Waals surface area contributed by atoms with Gasteiger partial charge in [-0.2, -0.15) is 5.10 Å². The number of hydrogen-bond acceptors (Lipinski definition) is 5. The Hall–Kier alpha value is -1.92. The van der Waals surface area contributed by atoms with Gasteiger partial charge < -0.3 is 15.0 Å². The first-order valence-corrected chi connectivity index (χ1v) is 8.55. The number of pyridine rings is 1. The molecule has 0 bridgehead atoms. The fourth-order valence-corrected chi connectivity index (χ4v) is 2.94. The summed E-state index contributed by atoms with van der Waals surface area (Å²) in [6.45, 7) is 11.6. The topological polar surface area (TPSA) is 66.1 Å². The van der Waals surface area contributed by atoms with Gasteiger partial charge in [0.1, 0.15) is 5.82 Å². The number of H-pyrrole nitrogens is 1. The smallest absolute Gasteiger partial charge is 0.128 e. The molecule has 0 spiro atoms. The first kappa shape index (κ1) is 16.9. The van der Waals surface area contributed by atoms with Crippen molar-refractivity contribution in [1.29, 1.82) is 0 Å². The van der Waals surface area contributed by atoms with Crippen molar-refractivity contribution in [3.05, 3.63) is 41.3 Å². The fraction of sp³-hybridized carbons (Fsp3) is 0.556. The molecular formula is C18H27N5O. The van der Waals surface area contributed by atoms with Crippen LogP contribution in [0.1, 0.15) is 37.6 Å². The molecule has 1 aliphatic rings. The third kappa shape index (κ3) is 4.13. The summed E-state index contributed by atoms with van der Waals surface area (Å²) in [7, 11) is 0. The zero-order valence-corrected chi connectivity index (χ0v) is 14.8. The molecule has 1 aliphatic heterocycles. The van der Waals surface area contributed by atoms with Gasteiger partial charge >= 0.3 is 0 Å². The van der Waals surface area contributed by atoms with E-state index < -0.39 is 0 Å². The summed E-state index contributed by atoms with van der Waals surface area (Å²) in [6.07, 6.45) is 3.87. The van der Waals surface area contributed by atoms with E-state index in [0.717, 1.165) is 45.2 Å². The van der Waals surface area contributed by atoms with E-state index in [9.17, 15) is 0 Å². The van der Waals surface area contributed by atoms with Crippen molar-refractivity contribution in [2.24, 2.45) is 0 Å². The predicted octanol–water partition coefficient (Wildman–Crippen LogP) is 2.23. The second kappa shape index (κ2) is 7.32. The number of morpholine rings is 1. The van der Waals surface area contributed by atoms with Gasteiger partial charge in [0.25, 0.3) is 0 Å². The first-order valence-electron chi connectivity index (χ1n) is 8.55. The van der Waals surface area contributed by atoms with Crippen molar-refractivity contribution in [3.63, 3.8) is 0 Å². The lowest BCUT2D eigenvalue weighted by atomic mass is 9.89. The monoisotopic (exact) mass is 329 g/mol. The van der Waals surface area contributed by atoms with E-state index in [2.05, 4.69) is 58.3 Å². The lowest BCUT2D eigenvalue weighted by molar-refractivity contribution is 0.122. The molecule has 0 atom stereocenters. The van der Waals surface area contributed by atoms with Crippen LogP contribution in [-0.4, -0.2) is 41.5 Å². The Balaban J connectivity index is 1.53. The number of ether oxygens (including phenoxy) is 1. The number of aromatic amines is 1. The molecule has 1 saturated heterocycles. The molecule has 6 nitrogen and oxygen atoms in total. The first-order chi connectivity index (χ1) is 11.5. The van der Waals surface area contributed by atoms with Crippen molar-refractivity contribution >= 4 is 5.82 Å². The maximum absolute atomic E-state index is 5.38. The molecule has 130 valence electrons. The van der Waals surface area contributed by atoms with Crippen molar-refractivity contribution in [2.75, 3.05) is 31.2 Å². The van der Waals surface area contributed by atoms with Crippen LogP contribution in [0.3, 0.4) is 0 Å². The van der Waals surface area contributed by atoms with Crippen LogP contribution in [0, 0.1) is 0 Å². The summed E-state index contributed by atoms with van der Waals surface area (Å²) < 4.78 is 5.38. The molecule has 0 saturated carbocycles. The number of anilines is 1. The summed E-state index contributed by atoms with van der Waals surface area (Å²) in [5.74, 6) is 1.03. The highest BCUT2D eigenvalue weighted by atomic mass is 16.5. The molecule has 2 N–H and O–H groups in total. The van der Waals surface area contributed by atoms with E-state index in [4.69, 9.17) is 4.74 Å². The van der Waals surface area contributed by atoms with Crippen LogP contribution >= 0.6 is 0 Å². The van der Waals surface area contributed by atoms with Crippen LogP contribution in [0.5, 0.6) is 0 Å². The SMILES string of the molecule is CC(C)(C)c1[nH]ncc1CNCc1ccc(N2CCOCC2)nc1. The third-order valence-electron chi connectivity index (χ3n) is 4.26. The highest BCUT2D eigenvalue weighted by Crippen LogP contribution is 2.23. The molecule has 24 heavy (non-hydrogen) atoms. The Labute approximate surface area is 143 Å². The standard InChI is InChI=1S/C18H27N5O/c1-18(2,3)17-15(13-21-22-17)12-19-10-14-4-5-16(20-11-14)23-6-8-24-9-7-23/h4-5,11,13,19H,6-10,12H2,1-3H3,(H,21,22). The van der Waals surface area contributed by atoms with Gasteiger partial charge in [0.05, 0.1) is 19.4 Å². The summed E-state index contributed by atoms with van der Waals surface area (Å²) in [4.78, 5) is 6.85. The van der Waals surface area contributed by atoms with Crippen molar-refractivity contribution in [2.45, 2.75) is 39.3 Å². The molecular weight excluding hydrogens is 302 g/mol. The van der Waals surface area contributed by atoms with Gasteiger partial charge in [-0.05, 0) is 11.6 Å². The molecule has 2 aromatic heterocycles. The van der Waals surface area contributed by atoms with Crippen LogP contribution in [0.25, 0.3) is 0 Å². The van der Waals surface area contributed by atoms with Crippen LogP contribution in [-0.2, 0) is 23.2 Å². The number of nitrogens with one attached hydrogen (secondary N) is 2. The Morgan fingerprint density at radius 1 is 1.17 bits per heavy atom. The Bertz CT molecular complexity index is 638. The Morgan fingerprint density at radius 3 is 2.62 bits per heavy atom. The van der Waals surface area contributed by atoms with Crippen LogP contribution in [0.15, 0.2) is 24.5 Å². The van der Waals surface area contributed by atoms with Gasteiger partial charge in [0, 0.05) is 49.0 Å². The Morgan fingerprint density at radius 2 is 1.96 bits per heavy atom. The maximum atomic E-state index is 5.38. The molecule has 6 heteroatoms. The summed E-state index contributed by atoms with van der Waals surface area (Å²) in [5, 5.41) is 10.8. The highest BCUT2D eigenvalue weighted by molar-refractivity contribution is 5.39. The van der Waals surface area contributed by atoms with E-state index in [1.807, 2.05) is 12.4 Å². The second-order valence-electron chi connectivity index (χ2n) is 7.25. The molecule has 1 fully saturated rings. The molecule has 3 rings (SSSR count). The molecule has 0 aliphatic carbocycles. The van der Waals surface area contributed by atoms with Crippen molar-refractivity contribution in [1.82, 2.24) is 20.5 Å². The molecule has 0 radical (unpaired) electrons. The summed E-state index contributed by atoms with van der Waals surface area (Å²) >= 11 is 0. The van der Waals surface area contributed by atoms with Gasteiger partial charge in [-0.15, -0.1) is 0 Å². The Kier molecular flexibility index (Phi) is 5.16. The van der Waals surface area contributed by atoms with Gasteiger partial charge in [0.15, 0.2) is 0 Å². The second-order valence-corrected chi connectivity index (χ2v) is 7.25. The highest BCUT2D eigenvalue weighted by Gasteiger charge is 2.19. The van der Waals surface area contributed by atoms with Crippen LogP contribution in [0.2, 0.25) is 0 Å². The van der Waals surface area contributed by atoms with E-state index in [-0.39, 0.29) is 5.41 Å². The average molecular weight is 329 g/mol. The normalized spacial score (nSPS) is 15.7. The molecule has 0 unspecified atom stereocenters. The average Bonchev–Trinajstić information content (AvgIpc) is 3.05. The molecule has 0 amide bonds. The number of aromatic nitrogens is 3. The van der Waals surface area contributed by atoms with Crippen LogP contribution < -0.4 is 10.2 Å². The molecule has 3 heterocycles. The zero-order valence-electron chi connectivity index (χ0n) is 14.8. The quantitative estimate of drug-likeness (QED) is 0.880. The van der Waals surface area contributed by atoms with Gasteiger partial charge in [-0.1, -0.05) is 26.8 Å². The number of nitrogens with zero attached hydrogens (tertiary/aromatic N) is 3. The summed E-state index contributed by atoms with van der Waals surface area (Å²) in [5.41, 5.74) is 3.68. The van der Waals surface area contributed by atoms with Crippen molar-refractivity contribution < 1.29 is 4.74 Å². The maximum Gasteiger partial charge on any atom is 0.128 e. The minimum Gasteiger partial charge on any atom is -0.378 e. The number of hydrogen-bond donors (Lipinski definition) is 2. The van der Waals surface area contributed by atoms with E-state index >= 15 is 0 Å². The molecule has 2 aromatic rings. The van der Waals surface area contributed by atoms with Gasteiger partial charge in [0.2, 0.25) is 0 Å². The molecule has 0 aromatic carbocycles. The van der Waals surface area contributed by atoms with Gasteiger partial charge in [-0.25, -0.2) is 4.98 Å².